The van der Waals surface area contributed by atoms with Crippen molar-refractivity contribution in [1.29, 1.82) is 0 Å². The first kappa shape index (κ1) is 18.8. The zero-order valence-electron chi connectivity index (χ0n) is 15.7. The van der Waals surface area contributed by atoms with Crippen molar-refractivity contribution >= 4 is 23.3 Å². The summed E-state index contributed by atoms with van der Waals surface area (Å²) in [6, 6.07) is 16.4. The van der Waals surface area contributed by atoms with Crippen LogP contribution in [-0.2, 0) is 0 Å². The SMILES string of the molecule is COc1cccc(C2=C/C(=C/c3ccc(Cl)cc3)CC[C@@H]2CN(C)C)c1. The number of halogens is 1. The van der Waals surface area contributed by atoms with Crippen molar-refractivity contribution in [3.63, 3.8) is 0 Å². The Morgan fingerprint density at radius 2 is 1.92 bits per heavy atom. The fourth-order valence-electron chi connectivity index (χ4n) is 3.53. The third-order valence-corrected chi connectivity index (χ3v) is 5.02. The molecule has 136 valence electrons. The number of rotatable bonds is 5. The van der Waals surface area contributed by atoms with Crippen molar-refractivity contribution in [3.05, 3.63) is 76.3 Å². The van der Waals surface area contributed by atoms with E-state index in [9.17, 15) is 0 Å². The fraction of sp³-hybridized carbons (Fsp3) is 0.304. The Morgan fingerprint density at radius 1 is 1.15 bits per heavy atom. The highest BCUT2D eigenvalue weighted by atomic mass is 35.5. The van der Waals surface area contributed by atoms with Crippen LogP contribution in [0.4, 0.5) is 0 Å². The smallest absolute Gasteiger partial charge is 0.119 e. The topological polar surface area (TPSA) is 12.5 Å². The first-order valence-electron chi connectivity index (χ1n) is 9.02. The average Bonchev–Trinajstić information content (AvgIpc) is 2.64. The second-order valence-electron chi connectivity index (χ2n) is 7.10. The van der Waals surface area contributed by atoms with Crippen LogP contribution in [0.25, 0.3) is 11.6 Å². The highest BCUT2D eigenvalue weighted by molar-refractivity contribution is 6.30. The largest absolute Gasteiger partial charge is 0.497 e. The summed E-state index contributed by atoms with van der Waals surface area (Å²) >= 11 is 6.00. The highest BCUT2D eigenvalue weighted by Gasteiger charge is 2.22. The van der Waals surface area contributed by atoms with Crippen molar-refractivity contribution in [2.45, 2.75) is 12.8 Å². The molecule has 1 atom stereocenters. The van der Waals surface area contributed by atoms with Crippen LogP contribution < -0.4 is 4.74 Å². The lowest BCUT2D eigenvalue weighted by atomic mass is 9.81. The molecule has 3 heteroatoms. The van der Waals surface area contributed by atoms with E-state index in [2.05, 4.69) is 61.5 Å². The van der Waals surface area contributed by atoms with Gasteiger partial charge in [-0.25, -0.2) is 0 Å². The predicted molar refractivity (Wildman–Crippen MR) is 112 cm³/mol. The number of benzene rings is 2. The van der Waals surface area contributed by atoms with Gasteiger partial charge in [-0.3, -0.25) is 0 Å². The first-order valence-corrected chi connectivity index (χ1v) is 9.40. The molecule has 0 radical (unpaired) electrons. The normalized spacial score (nSPS) is 18.9. The lowest BCUT2D eigenvalue weighted by Crippen LogP contribution is -2.24. The van der Waals surface area contributed by atoms with Gasteiger partial charge in [0, 0.05) is 11.6 Å². The molecule has 2 aromatic carbocycles. The fourth-order valence-corrected chi connectivity index (χ4v) is 3.65. The van der Waals surface area contributed by atoms with E-state index in [1.807, 2.05) is 18.2 Å². The second-order valence-corrected chi connectivity index (χ2v) is 7.54. The Morgan fingerprint density at radius 3 is 2.62 bits per heavy atom. The maximum absolute atomic E-state index is 6.00. The molecule has 0 amide bonds. The average molecular weight is 368 g/mol. The van der Waals surface area contributed by atoms with E-state index >= 15 is 0 Å². The molecular formula is C23H26ClNO. The number of hydrogen-bond acceptors (Lipinski definition) is 2. The van der Waals surface area contributed by atoms with Crippen LogP contribution in [0, 0.1) is 5.92 Å². The summed E-state index contributed by atoms with van der Waals surface area (Å²) in [4.78, 5) is 2.27. The minimum atomic E-state index is 0.527. The summed E-state index contributed by atoms with van der Waals surface area (Å²) in [5.74, 6) is 1.43. The van der Waals surface area contributed by atoms with E-state index in [0.29, 0.717) is 5.92 Å². The molecule has 0 fully saturated rings. The van der Waals surface area contributed by atoms with E-state index in [0.717, 1.165) is 30.2 Å². The lowest BCUT2D eigenvalue weighted by molar-refractivity contribution is 0.352. The van der Waals surface area contributed by atoms with Crippen molar-refractivity contribution in [1.82, 2.24) is 4.90 Å². The Hall–Kier alpha value is -2.03. The van der Waals surface area contributed by atoms with Crippen LogP contribution in [0.2, 0.25) is 5.02 Å². The molecule has 1 aliphatic rings. The van der Waals surface area contributed by atoms with Gasteiger partial charge >= 0.3 is 0 Å². The van der Waals surface area contributed by atoms with Crippen LogP contribution in [0.15, 0.2) is 60.2 Å². The number of ether oxygens (including phenoxy) is 1. The van der Waals surface area contributed by atoms with E-state index in [1.165, 1.54) is 22.3 Å². The summed E-state index contributed by atoms with van der Waals surface area (Å²) in [5, 5.41) is 0.773. The summed E-state index contributed by atoms with van der Waals surface area (Å²) in [7, 11) is 6.00. The zero-order chi connectivity index (χ0) is 18.5. The molecule has 0 saturated carbocycles. The monoisotopic (exact) mass is 367 g/mol. The lowest BCUT2D eigenvalue weighted by Gasteiger charge is -2.28. The quantitative estimate of drug-likeness (QED) is 0.663. The van der Waals surface area contributed by atoms with Crippen molar-refractivity contribution < 1.29 is 4.74 Å². The van der Waals surface area contributed by atoms with Crippen LogP contribution >= 0.6 is 11.6 Å². The molecule has 2 nitrogen and oxygen atoms in total. The third kappa shape index (κ3) is 4.78. The molecule has 0 N–H and O–H groups in total. The van der Waals surface area contributed by atoms with Gasteiger partial charge in [-0.05, 0) is 79.4 Å². The molecule has 0 aliphatic heterocycles. The minimum Gasteiger partial charge on any atom is -0.497 e. The molecule has 0 bridgehead atoms. The minimum absolute atomic E-state index is 0.527. The Labute approximate surface area is 161 Å². The van der Waals surface area contributed by atoms with Gasteiger partial charge in [0.1, 0.15) is 5.75 Å². The Kier molecular flexibility index (Phi) is 6.18. The highest BCUT2D eigenvalue weighted by Crippen LogP contribution is 2.37. The molecule has 3 rings (SSSR count). The van der Waals surface area contributed by atoms with Gasteiger partial charge < -0.3 is 9.64 Å². The third-order valence-electron chi connectivity index (χ3n) is 4.77. The number of nitrogens with zero attached hydrogens (tertiary/aromatic N) is 1. The van der Waals surface area contributed by atoms with E-state index < -0.39 is 0 Å². The Bertz CT molecular complexity index is 805. The molecule has 0 aromatic heterocycles. The molecule has 0 spiro atoms. The van der Waals surface area contributed by atoms with Crippen LogP contribution in [-0.4, -0.2) is 32.6 Å². The Balaban J connectivity index is 1.97. The summed E-state index contributed by atoms with van der Waals surface area (Å²) in [6.07, 6.45) is 6.87. The van der Waals surface area contributed by atoms with Gasteiger partial charge in [0.05, 0.1) is 7.11 Å². The van der Waals surface area contributed by atoms with E-state index in [-0.39, 0.29) is 0 Å². The van der Waals surface area contributed by atoms with Gasteiger partial charge in [0.2, 0.25) is 0 Å². The molecule has 1 aliphatic carbocycles. The number of allylic oxidation sites excluding steroid dienone is 2. The van der Waals surface area contributed by atoms with Gasteiger partial charge in [-0.2, -0.15) is 0 Å². The van der Waals surface area contributed by atoms with Gasteiger partial charge in [0.25, 0.3) is 0 Å². The molecular weight excluding hydrogens is 342 g/mol. The molecule has 0 heterocycles. The molecule has 0 saturated heterocycles. The number of hydrogen-bond donors (Lipinski definition) is 0. The maximum atomic E-state index is 6.00. The van der Waals surface area contributed by atoms with E-state index in [1.54, 1.807) is 7.11 Å². The van der Waals surface area contributed by atoms with Crippen LogP contribution in [0.5, 0.6) is 5.75 Å². The number of methoxy groups -OCH3 is 1. The molecule has 0 unspecified atom stereocenters. The van der Waals surface area contributed by atoms with Gasteiger partial charge in [-0.15, -0.1) is 0 Å². The maximum Gasteiger partial charge on any atom is 0.119 e. The van der Waals surface area contributed by atoms with E-state index in [4.69, 9.17) is 16.3 Å². The summed E-state index contributed by atoms with van der Waals surface area (Å²) < 4.78 is 5.43. The summed E-state index contributed by atoms with van der Waals surface area (Å²) in [6.45, 7) is 1.05. The van der Waals surface area contributed by atoms with Crippen LogP contribution in [0.1, 0.15) is 24.0 Å². The van der Waals surface area contributed by atoms with Crippen LogP contribution in [0.3, 0.4) is 0 Å². The zero-order valence-corrected chi connectivity index (χ0v) is 16.5. The van der Waals surface area contributed by atoms with Crippen molar-refractivity contribution in [3.8, 4) is 5.75 Å². The van der Waals surface area contributed by atoms with Gasteiger partial charge in [0.15, 0.2) is 0 Å². The van der Waals surface area contributed by atoms with Crippen molar-refractivity contribution in [2.24, 2.45) is 5.92 Å². The first-order chi connectivity index (χ1) is 12.5. The predicted octanol–water partition coefficient (Wildman–Crippen LogP) is 5.79. The van der Waals surface area contributed by atoms with Gasteiger partial charge in [-0.1, -0.05) is 48.0 Å². The second kappa shape index (κ2) is 8.57. The molecule has 2 aromatic rings. The molecule has 26 heavy (non-hydrogen) atoms. The standard InChI is InChI=1S/C23H26ClNO/c1-25(2)16-20-10-7-18(13-17-8-11-21(24)12-9-17)14-23(20)19-5-4-6-22(15-19)26-3/h4-6,8-9,11-15,20H,7,10,16H2,1-3H3/b18-13+/t20-/m1/s1. The summed E-state index contributed by atoms with van der Waals surface area (Å²) in [5.41, 5.74) is 5.19. The van der Waals surface area contributed by atoms with Crippen molar-refractivity contribution in [2.75, 3.05) is 27.7 Å².